The van der Waals surface area contributed by atoms with E-state index in [-0.39, 0.29) is 11.6 Å². The van der Waals surface area contributed by atoms with Gasteiger partial charge in [0.15, 0.2) is 11.6 Å². The van der Waals surface area contributed by atoms with E-state index >= 15 is 0 Å². The molecule has 1 saturated heterocycles. The Bertz CT molecular complexity index is 1000. The minimum atomic E-state index is -0.202. The van der Waals surface area contributed by atoms with E-state index in [0.717, 1.165) is 11.5 Å². The van der Waals surface area contributed by atoms with E-state index in [4.69, 9.17) is 0 Å². The molecule has 0 spiro atoms. The molecule has 1 fully saturated rings. The Morgan fingerprint density at radius 3 is 2.38 bits per heavy atom. The molecule has 4 rings (SSSR count). The molecular weight excluding hydrogens is 371 g/mol. The third-order valence-electron chi connectivity index (χ3n) is 4.89. The number of ketones is 1. The predicted molar refractivity (Wildman–Crippen MR) is 110 cm³/mol. The highest BCUT2D eigenvalue weighted by atomic mass is 19.1. The maximum Gasteiger partial charge on any atom is 0.249 e. The van der Waals surface area contributed by atoms with Crippen molar-refractivity contribution in [3.63, 3.8) is 0 Å². The number of nitrogens with one attached hydrogen (secondary N) is 1. The van der Waals surface area contributed by atoms with Crippen LogP contribution in [0.4, 0.5) is 27.5 Å². The van der Waals surface area contributed by atoms with Gasteiger partial charge in [0.2, 0.25) is 5.95 Å². The third kappa shape index (κ3) is 4.31. The highest BCUT2D eigenvalue weighted by Gasteiger charge is 2.20. The summed E-state index contributed by atoms with van der Waals surface area (Å²) in [5.74, 6) is 0.920. The van der Waals surface area contributed by atoms with Crippen molar-refractivity contribution >= 4 is 28.9 Å². The van der Waals surface area contributed by atoms with Crippen LogP contribution >= 0.6 is 0 Å². The molecule has 1 aliphatic rings. The first-order valence-corrected chi connectivity index (χ1v) is 9.42. The molecule has 2 heterocycles. The topological polar surface area (TPSA) is 74.2 Å². The molecule has 148 valence electrons. The average Bonchev–Trinajstić information content (AvgIpc) is 2.75. The SMILES string of the molecule is CC(=O)c1ccc(Nc2nncc(N3CCN(c4ccccc4F)CC3)n2)cc1. The van der Waals surface area contributed by atoms with Crippen molar-refractivity contribution in [1.82, 2.24) is 15.2 Å². The number of carbonyl (C=O) groups is 1. The van der Waals surface area contributed by atoms with E-state index in [9.17, 15) is 9.18 Å². The molecule has 0 unspecified atom stereocenters. The number of piperazine rings is 1. The van der Waals surface area contributed by atoms with Gasteiger partial charge < -0.3 is 15.1 Å². The summed E-state index contributed by atoms with van der Waals surface area (Å²) in [7, 11) is 0. The summed E-state index contributed by atoms with van der Waals surface area (Å²) in [5, 5.41) is 11.2. The summed E-state index contributed by atoms with van der Waals surface area (Å²) in [5.41, 5.74) is 2.05. The number of para-hydroxylation sites is 1. The van der Waals surface area contributed by atoms with Crippen molar-refractivity contribution in [2.24, 2.45) is 0 Å². The molecule has 7 nitrogen and oxygen atoms in total. The van der Waals surface area contributed by atoms with Crippen LogP contribution in [0.2, 0.25) is 0 Å². The van der Waals surface area contributed by atoms with Gasteiger partial charge in [-0.25, -0.2) is 4.39 Å². The Labute approximate surface area is 168 Å². The molecule has 0 saturated carbocycles. The van der Waals surface area contributed by atoms with Crippen molar-refractivity contribution in [3.05, 3.63) is 66.1 Å². The summed E-state index contributed by atoms with van der Waals surface area (Å²) in [4.78, 5) is 20.1. The van der Waals surface area contributed by atoms with Crippen molar-refractivity contribution < 1.29 is 9.18 Å². The van der Waals surface area contributed by atoms with Gasteiger partial charge in [-0.2, -0.15) is 10.1 Å². The summed E-state index contributed by atoms with van der Waals surface area (Å²) in [6.07, 6.45) is 1.63. The molecule has 29 heavy (non-hydrogen) atoms. The number of benzene rings is 2. The fraction of sp³-hybridized carbons (Fsp3) is 0.238. The van der Waals surface area contributed by atoms with E-state index in [1.165, 1.54) is 13.0 Å². The Morgan fingerprint density at radius 1 is 1.00 bits per heavy atom. The van der Waals surface area contributed by atoms with E-state index < -0.39 is 0 Å². The second kappa shape index (κ2) is 8.22. The van der Waals surface area contributed by atoms with Crippen LogP contribution in [0, 0.1) is 5.82 Å². The standard InChI is InChI=1S/C21H21FN6O/c1-15(29)16-6-8-17(9-7-16)24-21-25-20(14-23-26-21)28-12-10-27(11-13-28)19-5-3-2-4-18(19)22/h2-9,14H,10-13H2,1H3,(H,24,25,26). The number of carbonyl (C=O) groups excluding carboxylic acids is 1. The molecule has 1 aromatic heterocycles. The van der Waals surface area contributed by atoms with Crippen LogP contribution in [-0.4, -0.2) is 47.1 Å². The fourth-order valence-corrected chi connectivity index (χ4v) is 3.30. The van der Waals surface area contributed by atoms with Crippen LogP contribution in [0.25, 0.3) is 0 Å². The van der Waals surface area contributed by atoms with E-state index in [1.807, 2.05) is 11.0 Å². The lowest BCUT2D eigenvalue weighted by molar-refractivity contribution is 0.101. The van der Waals surface area contributed by atoms with E-state index in [0.29, 0.717) is 43.4 Å². The predicted octanol–water partition coefficient (Wildman–Crippen LogP) is 3.28. The van der Waals surface area contributed by atoms with Gasteiger partial charge in [-0.1, -0.05) is 12.1 Å². The number of anilines is 4. The zero-order chi connectivity index (χ0) is 20.2. The van der Waals surface area contributed by atoms with Crippen LogP contribution in [0.3, 0.4) is 0 Å². The summed E-state index contributed by atoms with van der Waals surface area (Å²) >= 11 is 0. The highest BCUT2D eigenvalue weighted by molar-refractivity contribution is 5.94. The third-order valence-corrected chi connectivity index (χ3v) is 4.89. The molecule has 1 N–H and O–H groups in total. The van der Waals surface area contributed by atoms with Gasteiger partial charge in [0.1, 0.15) is 5.82 Å². The summed E-state index contributed by atoms with van der Waals surface area (Å²) in [6.45, 7) is 4.34. The van der Waals surface area contributed by atoms with Crippen molar-refractivity contribution in [2.45, 2.75) is 6.92 Å². The number of hydrogen-bond acceptors (Lipinski definition) is 7. The molecule has 0 bridgehead atoms. The monoisotopic (exact) mass is 392 g/mol. The lowest BCUT2D eigenvalue weighted by Crippen LogP contribution is -2.47. The Morgan fingerprint density at radius 2 is 1.69 bits per heavy atom. The van der Waals surface area contributed by atoms with Gasteiger partial charge >= 0.3 is 0 Å². The van der Waals surface area contributed by atoms with Crippen LogP contribution in [0.15, 0.2) is 54.7 Å². The largest absolute Gasteiger partial charge is 0.366 e. The second-order valence-electron chi connectivity index (χ2n) is 6.82. The summed E-state index contributed by atoms with van der Waals surface area (Å²) < 4.78 is 14.0. The van der Waals surface area contributed by atoms with Crippen molar-refractivity contribution in [3.8, 4) is 0 Å². The molecule has 1 aliphatic heterocycles. The van der Waals surface area contributed by atoms with Crippen LogP contribution in [-0.2, 0) is 0 Å². The average molecular weight is 392 g/mol. The normalized spacial score (nSPS) is 14.0. The lowest BCUT2D eigenvalue weighted by Gasteiger charge is -2.36. The van der Waals surface area contributed by atoms with E-state index in [2.05, 4.69) is 25.4 Å². The minimum Gasteiger partial charge on any atom is -0.366 e. The molecule has 3 aromatic rings. The first-order chi connectivity index (χ1) is 14.1. The van der Waals surface area contributed by atoms with Crippen LogP contribution < -0.4 is 15.1 Å². The number of rotatable bonds is 5. The van der Waals surface area contributed by atoms with Gasteiger partial charge in [-0.05, 0) is 43.3 Å². The van der Waals surface area contributed by atoms with Crippen LogP contribution in [0.1, 0.15) is 17.3 Å². The van der Waals surface area contributed by atoms with Crippen LogP contribution in [0.5, 0.6) is 0 Å². The van der Waals surface area contributed by atoms with Gasteiger partial charge in [0, 0.05) is 37.4 Å². The number of hydrogen-bond donors (Lipinski definition) is 1. The molecule has 8 heteroatoms. The quantitative estimate of drug-likeness (QED) is 0.668. The molecule has 2 aromatic carbocycles. The van der Waals surface area contributed by atoms with Gasteiger partial charge in [-0.3, -0.25) is 4.79 Å². The Hall–Kier alpha value is -3.55. The fourth-order valence-electron chi connectivity index (χ4n) is 3.30. The number of halogens is 1. The zero-order valence-corrected chi connectivity index (χ0v) is 16.0. The zero-order valence-electron chi connectivity index (χ0n) is 16.0. The van der Waals surface area contributed by atoms with Gasteiger partial charge in [-0.15, -0.1) is 5.10 Å². The maximum absolute atomic E-state index is 14.0. The second-order valence-corrected chi connectivity index (χ2v) is 6.82. The maximum atomic E-state index is 14.0. The summed E-state index contributed by atoms with van der Waals surface area (Å²) in [6, 6.07) is 13.9. The van der Waals surface area contributed by atoms with Gasteiger partial charge in [0.25, 0.3) is 0 Å². The Balaban J connectivity index is 1.41. The molecule has 0 radical (unpaired) electrons. The number of aromatic nitrogens is 3. The molecule has 0 amide bonds. The molecular formula is C21H21FN6O. The lowest BCUT2D eigenvalue weighted by atomic mass is 10.1. The Kier molecular flexibility index (Phi) is 5.33. The number of nitrogens with zero attached hydrogens (tertiary/aromatic N) is 5. The van der Waals surface area contributed by atoms with Crippen molar-refractivity contribution in [2.75, 3.05) is 41.3 Å². The minimum absolute atomic E-state index is 0.0194. The smallest absolute Gasteiger partial charge is 0.249 e. The highest BCUT2D eigenvalue weighted by Crippen LogP contribution is 2.22. The first-order valence-electron chi connectivity index (χ1n) is 9.42. The van der Waals surface area contributed by atoms with Gasteiger partial charge in [0.05, 0.1) is 11.9 Å². The van der Waals surface area contributed by atoms with Crippen molar-refractivity contribution in [1.29, 1.82) is 0 Å². The molecule has 0 atom stereocenters. The number of Topliss-reactive ketones (excluding diaryl/α,β-unsaturated/α-hetero) is 1. The first kappa shape index (κ1) is 18.8. The molecule has 0 aliphatic carbocycles. The van der Waals surface area contributed by atoms with E-state index in [1.54, 1.807) is 42.6 Å².